The first-order valence-corrected chi connectivity index (χ1v) is 9.33. The third kappa shape index (κ3) is 3.11. The topological polar surface area (TPSA) is 96.0 Å². The van der Waals surface area contributed by atoms with E-state index in [1.807, 2.05) is 6.07 Å². The quantitative estimate of drug-likeness (QED) is 0.746. The zero-order chi connectivity index (χ0) is 17.2. The second kappa shape index (κ2) is 6.35. The van der Waals surface area contributed by atoms with Gasteiger partial charge in [0, 0.05) is 16.6 Å². The van der Waals surface area contributed by atoms with Crippen molar-refractivity contribution < 1.29 is 8.42 Å². The van der Waals surface area contributed by atoms with Crippen LogP contribution in [0.5, 0.6) is 0 Å². The predicted octanol–water partition coefficient (Wildman–Crippen LogP) is 3.67. The van der Waals surface area contributed by atoms with Gasteiger partial charge in [0.15, 0.2) is 0 Å². The van der Waals surface area contributed by atoms with Gasteiger partial charge >= 0.3 is 0 Å². The van der Waals surface area contributed by atoms with Crippen LogP contribution in [0.2, 0.25) is 0 Å². The summed E-state index contributed by atoms with van der Waals surface area (Å²) in [6.45, 7) is 0. The van der Waals surface area contributed by atoms with Crippen LogP contribution < -0.4 is 10.5 Å². The number of nitrogens with zero attached hydrogens (tertiary/aromatic N) is 1. The summed E-state index contributed by atoms with van der Waals surface area (Å²) < 4.78 is 27.3. The van der Waals surface area contributed by atoms with Crippen molar-refractivity contribution in [1.82, 2.24) is 0 Å². The SMILES string of the molecule is N#Cc1c(-c2cccc(NS(=O)(=O)c3ccccc3)c2)csc1N. The number of hydrogen-bond donors (Lipinski definition) is 2. The minimum Gasteiger partial charge on any atom is -0.389 e. The van der Waals surface area contributed by atoms with Gasteiger partial charge in [0.05, 0.1) is 10.5 Å². The van der Waals surface area contributed by atoms with E-state index in [1.54, 1.807) is 41.8 Å². The van der Waals surface area contributed by atoms with E-state index in [1.165, 1.54) is 23.5 Å². The normalized spacial score (nSPS) is 11.0. The van der Waals surface area contributed by atoms with Gasteiger partial charge in [-0.3, -0.25) is 4.72 Å². The molecule has 24 heavy (non-hydrogen) atoms. The average Bonchev–Trinajstić information content (AvgIpc) is 2.96. The lowest BCUT2D eigenvalue weighted by Gasteiger charge is -2.09. The lowest BCUT2D eigenvalue weighted by Crippen LogP contribution is -2.12. The van der Waals surface area contributed by atoms with E-state index in [-0.39, 0.29) is 4.90 Å². The molecule has 0 spiro atoms. The number of nitriles is 1. The number of nitrogen functional groups attached to an aromatic ring is 1. The fourth-order valence-corrected chi connectivity index (χ4v) is 4.11. The van der Waals surface area contributed by atoms with Gasteiger partial charge in [-0.05, 0) is 29.8 Å². The van der Waals surface area contributed by atoms with Crippen LogP contribution in [-0.2, 0) is 10.0 Å². The molecule has 1 aromatic heterocycles. The number of hydrogen-bond acceptors (Lipinski definition) is 5. The highest BCUT2D eigenvalue weighted by Crippen LogP contribution is 2.34. The average molecular weight is 355 g/mol. The first-order chi connectivity index (χ1) is 11.5. The Morgan fingerprint density at radius 3 is 2.54 bits per heavy atom. The molecule has 0 radical (unpaired) electrons. The van der Waals surface area contributed by atoms with Crippen molar-refractivity contribution in [2.24, 2.45) is 0 Å². The van der Waals surface area contributed by atoms with Crippen molar-refractivity contribution in [3.8, 4) is 17.2 Å². The fraction of sp³-hybridized carbons (Fsp3) is 0. The van der Waals surface area contributed by atoms with E-state index >= 15 is 0 Å². The maximum Gasteiger partial charge on any atom is 0.261 e. The molecule has 0 aliphatic heterocycles. The van der Waals surface area contributed by atoms with Gasteiger partial charge in [-0.1, -0.05) is 30.3 Å². The van der Waals surface area contributed by atoms with Gasteiger partial charge in [-0.25, -0.2) is 8.42 Å². The van der Waals surface area contributed by atoms with Crippen molar-refractivity contribution in [3.05, 3.63) is 65.5 Å². The summed E-state index contributed by atoms with van der Waals surface area (Å²) >= 11 is 1.28. The summed E-state index contributed by atoms with van der Waals surface area (Å²) in [6.07, 6.45) is 0. The van der Waals surface area contributed by atoms with Gasteiger partial charge in [-0.15, -0.1) is 11.3 Å². The number of nitrogens with one attached hydrogen (secondary N) is 1. The highest BCUT2D eigenvalue weighted by Gasteiger charge is 2.15. The Balaban J connectivity index is 1.96. The molecule has 0 saturated heterocycles. The number of anilines is 2. The summed E-state index contributed by atoms with van der Waals surface area (Å²) in [5.74, 6) is 0. The summed E-state index contributed by atoms with van der Waals surface area (Å²) in [6, 6.07) is 17.1. The zero-order valence-electron chi connectivity index (χ0n) is 12.4. The Morgan fingerprint density at radius 1 is 1.08 bits per heavy atom. The molecule has 7 heteroatoms. The maximum atomic E-state index is 12.4. The van der Waals surface area contributed by atoms with Crippen molar-refractivity contribution in [2.45, 2.75) is 4.90 Å². The standard InChI is InChI=1S/C17H13N3O2S2/c18-10-15-16(11-23-17(15)19)12-5-4-6-13(9-12)20-24(21,22)14-7-2-1-3-8-14/h1-9,11,20H,19H2. The zero-order valence-corrected chi connectivity index (χ0v) is 14.1. The molecule has 0 fully saturated rings. The number of benzene rings is 2. The Kier molecular flexibility index (Phi) is 4.25. The van der Waals surface area contributed by atoms with E-state index in [4.69, 9.17) is 5.73 Å². The molecule has 0 aliphatic rings. The molecular formula is C17H13N3O2S2. The fourth-order valence-electron chi connectivity index (χ4n) is 2.26. The molecule has 0 amide bonds. The highest BCUT2D eigenvalue weighted by atomic mass is 32.2. The first kappa shape index (κ1) is 16.1. The summed E-state index contributed by atoms with van der Waals surface area (Å²) in [5.41, 5.74) is 8.04. The van der Waals surface area contributed by atoms with Crippen LogP contribution in [0.4, 0.5) is 10.7 Å². The van der Waals surface area contributed by atoms with Crippen LogP contribution in [-0.4, -0.2) is 8.42 Å². The summed E-state index contributed by atoms with van der Waals surface area (Å²) in [7, 11) is -3.66. The van der Waals surface area contributed by atoms with E-state index in [0.717, 1.165) is 5.56 Å². The van der Waals surface area contributed by atoms with Crippen LogP contribution in [0.1, 0.15) is 5.56 Å². The minimum absolute atomic E-state index is 0.188. The number of sulfonamides is 1. The molecule has 0 saturated carbocycles. The molecule has 3 aromatic rings. The monoisotopic (exact) mass is 355 g/mol. The largest absolute Gasteiger partial charge is 0.389 e. The predicted molar refractivity (Wildman–Crippen MR) is 96.1 cm³/mol. The Hall–Kier alpha value is -2.82. The molecule has 2 aromatic carbocycles. The lowest BCUT2D eigenvalue weighted by molar-refractivity contribution is 0.601. The van der Waals surface area contributed by atoms with E-state index in [9.17, 15) is 13.7 Å². The Morgan fingerprint density at radius 2 is 1.83 bits per heavy atom. The van der Waals surface area contributed by atoms with Crippen molar-refractivity contribution >= 4 is 32.0 Å². The lowest BCUT2D eigenvalue weighted by atomic mass is 10.0. The molecule has 3 N–H and O–H groups in total. The van der Waals surface area contributed by atoms with E-state index in [2.05, 4.69) is 10.8 Å². The molecule has 3 rings (SSSR count). The van der Waals surface area contributed by atoms with Crippen LogP contribution in [0, 0.1) is 11.3 Å². The van der Waals surface area contributed by atoms with Crippen molar-refractivity contribution in [1.29, 1.82) is 5.26 Å². The van der Waals surface area contributed by atoms with Gasteiger partial charge in [0.2, 0.25) is 0 Å². The van der Waals surface area contributed by atoms with Crippen LogP contribution in [0.3, 0.4) is 0 Å². The maximum absolute atomic E-state index is 12.4. The summed E-state index contributed by atoms with van der Waals surface area (Å²) in [4.78, 5) is 0.188. The highest BCUT2D eigenvalue weighted by molar-refractivity contribution is 7.92. The van der Waals surface area contributed by atoms with E-state index < -0.39 is 10.0 Å². The van der Waals surface area contributed by atoms with E-state index in [0.29, 0.717) is 21.8 Å². The van der Waals surface area contributed by atoms with Crippen LogP contribution in [0.15, 0.2) is 64.9 Å². The van der Waals surface area contributed by atoms with Crippen LogP contribution >= 0.6 is 11.3 Å². The van der Waals surface area contributed by atoms with Gasteiger partial charge < -0.3 is 5.73 Å². The van der Waals surface area contributed by atoms with Gasteiger partial charge in [-0.2, -0.15) is 5.26 Å². The second-order valence-electron chi connectivity index (χ2n) is 5.00. The van der Waals surface area contributed by atoms with Crippen molar-refractivity contribution in [2.75, 3.05) is 10.5 Å². The number of rotatable bonds is 4. The molecule has 1 heterocycles. The first-order valence-electron chi connectivity index (χ1n) is 6.96. The van der Waals surface area contributed by atoms with Crippen molar-refractivity contribution in [3.63, 3.8) is 0 Å². The molecule has 120 valence electrons. The smallest absolute Gasteiger partial charge is 0.261 e. The van der Waals surface area contributed by atoms with Gasteiger partial charge in [0.1, 0.15) is 11.1 Å². The molecule has 0 unspecified atom stereocenters. The molecule has 0 aliphatic carbocycles. The van der Waals surface area contributed by atoms with Gasteiger partial charge in [0.25, 0.3) is 10.0 Å². The Bertz CT molecular complexity index is 1020. The minimum atomic E-state index is -3.66. The molecule has 5 nitrogen and oxygen atoms in total. The van der Waals surface area contributed by atoms with Crippen LogP contribution in [0.25, 0.3) is 11.1 Å². The Labute approximate surface area is 144 Å². The number of nitrogens with two attached hydrogens (primary N) is 1. The third-order valence-corrected chi connectivity index (χ3v) is 5.62. The number of thiophene rings is 1. The molecule has 0 atom stereocenters. The third-order valence-electron chi connectivity index (χ3n) is 3.41. The second-order valence-corrected chi connectivity index (χ2v) is 7.59. The molecular weight excluding hydrogens is 342 g/mol. The summed E-state index contributed by atoms with van der Waals surface area (Å²) in [5, 5.41) is 11.5. The molecule has 0 bridgehead atoms.